The van der Waals surface area contributed by atoms with E-state index in [4.69, 9.17) is 0 Å². The highest BCUT2D eigenvalue weighted by atomic mass is 32.1. The van der Waals surface area contributed by atoms with Crippen molar-refractivity contribution in [3.63, 3.8) is 0 Å². The summed E-state index contributed by atoms with van der Waals surface area (Å²) in [5, 5.41) is 15.9. The lowest BCUT2D eigenvalue weighted by molar-refractivity contribution is -0.124. The number of benzene rings is 1. The van der Waals surface area contributed by atoms with Gasteiger partial charge in [0.25, 0.3) is 0 Å². The minimum absolute atomic E-state index is 0.0761. The van der Waals surface area contributed by atoms with Crippen LogP contribution in [0.25, 0.3) is 0 Å². The van der Waals surface area contributed by atoms with E-state index in [9.17, 15) is 9.90 Å². The summed E-state index contributed by atoms with van der Waals surface area (Å²) in [6.07, 6.45) is 4.03. The first-order valence-corrected chi connectivity index (χ1v) is 9.11. The van der Waals surface area contributed by atoms with E-state index >= 15 is 0 Å². The average molecular weight is 327 g/mol. The quantitative estimate of drug-likeness (QED) is 0.907. The van der Waals surface area contributed by atoms with Crippen molar-refractivity contribution in [2.45, 2.75) is 43.1 Å². The van der Waals surface area contributed by atoms with Gasteiger partial charge < -0.3 is 10.4 Å². The third kappa shape index (κ3) is 2.70. The number of fused-ring (bicyclic) bond motifs is 1. The fourth-order valence-corrected chi connectivity index (χ4v) is 4.59. The molecule has 4 heteroatoms. The molecule has 2 aromatic rings. The Hall–Kier alpha value is -1.65. The Bertz CT molecular complexity index is 721. The van der Waals surface area contributed by atoms with Crippen LogP contribution >= 0.6 is 11.3 Å². The van der Waals surface area contributed by atoms with Crippen molar-refractivity contribution in [1.82, 2.24) is 5.32 Å². The molecule has 3 nitrogen and oxygen atoms in total. The van der Waals surface area contributed by atoms with E-state index in [-0.39, 0.29) is 11.3 Å². The fraction of sp³-hybridized carbons (Fsp3) is 0.421. The van der Waals surface area contributed by atoms with Gasteiger partial charge in [0, 0.05) is 17.8 Å². The molecular formula is C19H21NO2S. The number of thiophene rings is 1. The van der Waals surface area contributed by atoms with Crippen molar-refractivity contribution >= 4 is 17.2 Å². The lowest BCUT2D eigenvalue weighted by Gasteiger charge is -2.34. The predicted octanol–water partition coefficient (Wildman–Crippen LogP) is 2.82. The number of carbonyl (C=O) groups excluding carboxylic acids is 1. The second-order valence-corrected chi connectivity index (χ2v) is 7.86. The Morgan fingerprint density at radius 2 is 1.91 bits per heavy atom. The molecule has 2 aliphatic rings. The molecule has 0 saturated heterocycles. The molecule has 120 valence electrons. The van der Waals surface area contributed by atoms with E-state index in [2.05, 4.69) is 17.4 Å². The Morgan fingerprint density at radius 1 is 1.13 bits per heavy atom. The van der Waals surface area contributed by atoms with Gasteiger partial charge in [-0.1, -0.05) is 30.3 Å². The highest BCUT2D eigenvalue weighted by Gasteiger charge is 2.52. The van der Waals surface area contributed by atoms with E-state index in [1.165, 1.54) is 11.1 Å². The summed E-state index contributed by atoms with van der Waals surface area (Å²) in [7, 11) is 0. The van der Waals surface area contributed by atoms with Crippen molar-refractivity contribution < 1.29 is 9.90 Å². The van der Waals surface area contributed by atoms with Gasteiger partial charge in [-0.15, -0.1) is 11.3 Å². The van der Waals surface area contributed by atoms with Crippen LogP contribution in [0.15, 0.2) is 41.8 Å². The molecule has 2 aliphatic carbocycles. The van der Waals surface area contributed by atoms with Gasteiger partial charge >= 0.3 is 0 Å². The maximum Gasteiger partial charge on any atom is 0.231 e. The van der Waals surface area contributed by atoms with Crippen LogP contribution in [0.1, 0.15) is 35.3 Å². The van der Waals surface area contributed by atoms with Crippen LogP contribution in [-0.2, 0) is 23.1 Å². The number of nitrogens with one attached hydrogen (secondary N) is 1. The molecule has 0 spiro atoms. The molecule has 1 aromatic carbocycles. The SMILES string of the molecule is O=C(NCC1(O)CCc2ccccc2C1)C1(c2cccs2)CC1. The van der Waals surface area contributed by atoms with Crippen LogP contribution in [0.4, 0.5) is 0 Å². The second-order valence-electron chi connectivity index (χ2n) is 6.91. The molecule has 1 heterocycles. The third-order valence-electron chi connectivity index (χ3n) is 5.25. The van der Waals surface area contributed by atoms with Gasteiger partial charge in [0.2, 0.25) is 5.91 Å². The van der Waals surface area contributed by atoms with E-state index in [1.54, 1.807) is 11.3 Å². The van der Waals surface area contributed by atoms with Crippen molar-refractivity contribution in [3.05, 3.63) is 57.8 Å². The standard InChI is InChI=1S/C19H21NO2S/c21-17(19(9-10-19)16-6-3-11-23-16)20-13-18(22)8-7-14-4-1-2-5-15(14)12-18/h1-6,11,22H,7-10,12-13H2,(H,20,21). The minimum Gasteiger partial charge on any atom is -0.388 e. The summed E-state index contributed by atoms with van der Waals surface area (Å²) in [4.78, 5) is 13.8. The molecule has 2 N–H and O–H groups in total. The Kier molecular flexibility index (Phi) is 3.54. The molecule has 0 aliphatic heterocycles. The second kappa shape index (κ2) is 5.46. The van der Waals surface area contributed by atoms with Gasteiger partial charge in [0.15, 0.2) is 0 Å². The number of aryl methyl sites for hydroxylation is 1. The van der Waals surface area contributed by atoms with E-state index in [0.717, 1.165) is 24.1 Å². The third-order valence-corrected chi connectivity index (χ3v) is 6.33. The van der Waals surface area contributed by atoms with Crippen LogP contribution in [0, 0.1) is 0 Å². The lowest BCUT2D eigenvalue weighted by Crippen LogP contribution is -2.48. The topological polar surface area (TPSA) is 49.3 Å². The van der Waals surface area contributed by atoms with Gasteiger partial charge in [0.05, 0.1) is 11.0 Å². The summed E-state index contributed by atoms with van der Waals surface area (Å²) in [5.41, 5.74) is 1.38. The van der Waals surface area contributed by atoms with Gasteiger partial charge in [-0.3, -0.25) is 4.79 Å². The first kappa shape index (κ1) is 14.9. The summed E-state index contributed by atoms with van der Waals surface area (Å²) in [6, 6.07) is 12.3. The number of hydrogen-bond acceptors (Lipinski definition) is 3. The van der Waals surface area contributed by atoms with Crippen molar-refractivity contribution in [3.8, 4) is 0 Å². The maximum absolute atomic E-state index is 12.6. The molecule has 1 aromatic heterocycles. The number of aliphatic hydroxyl groups is 1. The van der Waals surface area contributed by atoms with Gasteiger partial charge in [0.1, 0.15) is 0 Å². The van der Waals surface area contributed by atoms with Crippen molar-refractivity contribution in [1.29, 1.82) is 0 Å². The monoisotopic (exact) mass is 327 g/mol. The molecule has 1 atom stereocenters. The van der Waals surface area contributed by atoms with Crippen LogP contribution < -0.4 is 5.32 Å². The smallest absolute Gasteiger partial charge is 0.231 e. The van der Waals surface area contributed by atoms with Crippen molar-refractivity contribution in [2.75, 3.05) is 6.54 Å². The van der Waals surface area contributed by atoms with Crippen LogP contribution in [-0.4, -0.2) is 23.2 Å². The molecule has 0 radical (unpaired) electrons. The Morgan fingerprint density at radius 3 is 2.61 bits per heavy atom. The zero-order valence-corrected chi connectivity index (χ0v) is 13.9. The first-order chi connectivity index (χ1) is 11.1. The average Bonchev–Trinajstić information content (AvgIpc) is 3.19. The van der Waals surface area contributed by atoms with Gasteiger partial charge in [-0.25, -0.2) is 0 Å². The van der Waals surface area contributed by atoms with E-state index < -0.39 is 5.60 Å². The number of carbonyl (C=O) groups is 1. The molecular weight excluding hydrogens is 306 g/mol. The van der Waals surface area contributed by atoms with Gasteiger partial charge in [-0.2, -0.15) is 0 Å². The summed E-state index contributed by atoms with van der Waals surface area (Å²) < 4.78 is 0. The zero-order chi connectivity index (χ0) is 15.9. The molecule has 1 amide bonds. The molecule has 23 heavy (non-hydrogen) atoms. The molecule has 1 fully saturated rings. The van der Waals surface area contributed by atoms with E-state index in [0.29, 0.717) is 19.4 Å². The highest BCUT2D eigenvalue weighted by Crippen LogP contribution is 2.50. The summed E-state index contributed by atoms with van der Waals surface area (Å²) >= 11 is 1.65. The largest absolute Gasteiger partial charge is 0.388 e. The number of amides is 1. The maximum atomic E-state index is 12.6. The van der Waals surface area contributed by atoms with Crippen LogP contribution in [0.5, 0.6) is 0 Å². The van der Waals surface area contributed by atoms with E-state index in [1.807, 2.05) is 29.6 Å². The summed E-state index contributed by atoms with van der Waals surface area (Å²) in [5.74, 6) is 0.0761. The van der Waals surface area contributed by atoms with Crippen LogP contribution in [0.2, 0.25) is 0 Å². The first-order valence-electron chi connectivity index (χ1n) is 8.23. The van der Waals surface area contributed by atoms with Crippen molar-refractivity contribution in [2.24, 2.45) is 0 Å². The minimum atomic E-state index is -0.824. The fourth-order valence-electron chi connectivity index (χ4n) is 3.61. The number of hydrogen-bond donors (Lipinski definition) is 2. The Labute approximate surface area is 140 Å². The molecule has 0 bridgehead atoms. The molecule has 4 rings (SSSR count). The Balaban J connectivity index is 1.43. The normalized spacial score (nSPS) is 24.7. The summed E-state index contributed by atoms with van der Waals surface area (Å²) in [6.45, 7) is 0.341. The highest BCUT2D eigenvalue weighted by molar-refractivity contribution is 7.10. The zero-order valence-electron chi connectivity index (χ0n) is 13.0. The molecule has 1 saturated carbocycles. The van der Waals surface area contributed by atoms with Crippen LogP contribution in [0.3, 0.4) is 0 Å². The number of rotatable bonds is 4. The van der Waals surface area contributed by atoms with Gasteiger partial charge in [-0.05, 0) is 48.3 Å². The molecule has 1 unspecified atom stereocenters. The predicted molar refractivity (Wildman–Crippen MR) is 91.7 cm³/mol. The lowest BCUT2D eigenvalue weighted by atomic mass is 9.80.